The van der Waals surface area contributed by atoms with Crippen molar-refractivity contribution in [2.45, 2.75) is 13.3 Å². The Morgan fingerprint density at radius 1 is 1.12 bits per heavy atom. The Kier molecular flexibility index (Phi) is 7.30. The molecule has 0 saturated carbocycles. The number of ether oxygens (including phenoxy) is 1. The van der Waals surface area contributed by atoms with Crippen molar-refractivity contribution in [1.29, 1.82) is 0 Å². The average Bonchev–Trinajstić information content (AvgIpc) is 2.63. The van der Waals surface area contributed by atoms with E-state index in [1.165, 1.54) is 18.1 Å². The minimum absolute atomic E-state index is 0.0784. The molecule has 26 heavy (non-hydrogen) atoms. The molecule has 0 radical (unpaired) electrons. The van der Waals surface area contributed by atoms with Crippen molar-refractivity contribution < 1.29 is 14.3 Å². The van der Waals surface area contributed by atoms with Gasteiger partial charge in [0.1, 0.15) is 12.3 Å². The second-order valence-corrected chi connectivity index (χ2v) is 6.42. The molecular formula is C19H20Cl2N2O3. The lowest BCUT2D eigenvalue weighted by atomic mass is 10.2. The molecule has 0 aromatic heterocycles. The van der Waals surface area contributed by atoms with E-state index in [0.29, 0.717) is 33.6 Å². The molecule has 0 atom stereocenters. The van der Waals surface area contributed by atoms with Gasteiger partial charge in [-0.05, 0) is 36.8 Å². The first kappa shape index (κ1) is 20.1. The van der Waals surface area contributed by atoms with E-state index in [4.69, 9.17) is 27.9 Å². The summed E-state index contributed by atoms with van der Waals surface area (Å²) in [6, 6.07) is 11.8. The van der Waals surface area contributed by atoms with Crippen molar-refractivity contribution in [3.05, 3.63) is 58.1 Å². The van der Waals surface area contributed by atoms with Gasteiger partial charge in [0.15, 0.2) is 0 Å². The fourth-order valence-corrected chi connectivity index (χ4v) is 2.74. The van der Waals surface area contributed by atoms with Crippen LogP contribution in [0.25, 0.3) is 0 Å². The molecule has 0 aliphatic rings. The Balaban J connectivity index is 2.12. The Bertz CT molecular complexity index is 796. The molecule has 2 rings (SSSR count). The molecule has 2 aromatic rings. The maximum absolute atomic E-state index is 12.7. The SMILES string of the molecule is CCCN(CC(=O)Nc1ccccc1OC)C(=O)c1ccc(Cl)c(Cl)c1. The molecule has 0 fully saturated rings. The first-order valence-corrected chi connectivity index (χ1v) is 8.89. The van der Waals surface area contributed by atoms with Crippen molar-refractivity contribution in [3.8, 4) is 5.75 Å². The van der Waals surface area contributed by atoms with Crippen LogP contribution in [0.1, 0.15) is 23.7 Å². The molecule has 0 bridgehead atoms. The molecule has 2 aromatic carbocycles. The van der Waals surface area contributed by atoms with Crippen LogP contribution < -0.4 is 10.1 Å². The van der Waals surface area contributed by atoms with Crippen molar-refractivity contribution in [3.63, 3.8) is 0 Å². The topological polar surface area (TPSA) is 58.6 Å². The van der Waals surface area contributed by atoms with Gasteiger partial charge in [0.25, 0.3) is 5.91 Å². The zero-order chi connectivity index (χ0) is 19.1. The number of halogens is 2. The fraction of sp³-hybridized carbons (Fsp3) is 0.263. The second kappa shape index (κ2) is 9.46. The molecule has 0 saturated heterocycles. The molecular weight excluding hydrogens is 375 g/mol. The quantitative estimate of drug-likeness (QED) is 0.752. The highest BCUT2D eigenvalue weighted by Gasteiger charge is 2.19. The summed E-state index contributed by atoms with van der Waals surface area (Å²) in [6.07, 6.45) is 0.717. The van der Waals surface area contributed by atoms with Crippen LogP contribution in [0.5, 0.6) is 5.75 Å². The molecule has 0 unspecified atom stereocenters. The van der Waals surface area contributed by atoms with Crippen LogP contribution in [0.2, 0.25) is 10.0 Å². The van der Waals surface area contributed by atoms with Crippen LogP contribution in [-0.4, -0.2) is 36.9 Å². The summed E-state index contributed by atoms with van der Waals surface area (Å²) in [4.78, 5) is 26.6. The number of hydrogen-bond donors (Lipinski definition) is 1. The molecule has 5 nitrogen and oxygen atoms in total. The lowest BCUT2D eigenvalue weighted by Gasteiger charge is -2.22. The van der Waals surface area contributed by atoms with Gasteiger partial charge in [-0.2, -0.15) is 0 Å². The van der Waals surface area contributed by atoms with Gasteiger partial charge in [-0.25, -0.2) is 0 Å². The molecule has 7 heteroatoms. The maximum Gasteiger partial charge on any atom is 0.254 e. The van der Waals surface area contributed by atoms with Gasteiger partial charge in [-0.15, -0.1) is 0 Å². The highest BCUT2D eigenvalue weighted by Crippen LogP contribution is 2.24. The van der Waals surface area contributed by atoms with E-state index in [1.54, 1.807) is 30.3 Å². The van der Waals surface area contributed by atoms with Crippen molar-refractivity contribution >= 4 is 40.7 Å². The van der Waals surface area contributed by atoms with Gasteiger partial charge in [0.2, 0.25) is 5.91 Å². The van der Waals surface area contributed by atoms with E-state index >= 15 is 0 Å². The van der Waals surface area contributed by atoms with E-state index in [2.05, 4.69) is 5.32 Å². The normalized spacial score (nSPS) is 10.3. The zero-order valence-corrected chi connectivity index (χ0v) is 16.1. The van der Waals surface area contributed by atoms with Gasteiger partial charge in [-0.3, -0.25) is 9.59 Å². The summed E-state index contributed by atoms with van der Waals surface area (Å²) in [6.45, 7) is 2.30. The summed E-state index contributed by atoms with van der Waals surface area (Å²) >= 11 is 11.9. The Morgan fingerprint density at radius 3 is 2.50 bits per heavy atom. The van der Waals surface area contributed by atoms with Crippen molar-refractivity contribution in [1.82, 2.24) is 4.90 Å². The van der Waals surface area contributed by atoms with Crippen LogP contribution >= 0.6 is 23.2 Å². The molecule has 2 amide bonds. The van der Waals surface area contributed by atoms with E-state index in [9.17, 15) is 9.59 Å². The minimum atomic E-state index is -0.309. The Labute approximate surface area is 162 Å². The third-order valence-corrected chi connectivity index (χ3v) is 4.40. The predicted molar refractivity (Wildman–Crippen MR) is 104 cm³/mol. The van der Waals surface area contributed by atoms with Crippen LogP contribution in [0.4, 0.5) is 5.69 Å². The van der Waals surface area contributed by atoms with Crippen LogP contribution in [-0.2, 0) is 4.79 Å². The highest BCUT2D eigenvalue weighted by molar-refractivity contribution is 6.42. The van der Waals surface area contributed by atoms with Crippen molar-refractivity contribution in [2.24, 2.45) is 0 Å². The van der Waals surface area contributed by atoms with Gasteiger partial charge < -0.3 is 15.0 Å². The van der Waals surface area contributed by atoms with Crippen LogP contribution in [0.3, 0.4) is 0 Å². The number of carbonyl (C=O) groups excluding carboxylic acids is 2. The van der Waals surface area contributed by atoms with Gasteiger partial charge in [0.05, 0.1) is 22.8 Å². The number of nitrogens with one attached hydrogen (secondary N) is 1. The standard InChI is InChI=1S/C19H20Cl2N2O3/c1-3-10-23(19(25)13-8-9-14(20)15(21)11-13)12-18(24)22-16-6-4-5-7-17(16)26-2/h4-9,11H,3,10,12H2,1-2H3,(H,22,24). The highest BCUT2D eigenvalue weighted by atomic mass is 35.5. The number of para-hydroxylation sites is 2. The monoisotopic (exact) mass is 394 g/mol. The summed E-state index contributed by atoms with van der Waals surface area (Å²) < 4.78 is 5.22. The second-order valence-electron chi connectivity index (χ2n) is 5.60. The van der Waals surface area contributed by atoms with Crippen LogP contribution in [0.15, 0.2) is 42.5 Å². The van der Waals surface area contributed by atoms with Crippen molar-refractivity contribution in [2.75, 3.05) is 25.5 Å². The third kappa shape index (κ3) is 5.13. The largest absolute Gasteiger partial charge is 0.495 e. The zero-order valence-electron chi connectivity index (χ0n) is 14.6. The Hall–Kier alpha value is -2.24. The lowest BCUT2D eigenvalue weighted by molar-refractivity contribution is -0.116. The lowest BCUT2D eigenvalue weighted by Crippen LogP contribution is -2.38. The summed E-state index contributed by atoms with van der Waals surface area (Å²) in [5, 5.41) is 3.44. The fourth-order valence-electron chi connectivity index (χ4n) is 2.45. The number of anilines is 1. The molecule has 0 heterocycles. The van der Waals surface area contributed by atoms with Crippen LogP contribution in [0, 0.1) is 0 Å². The summed E-state index contributed by atoms with van der Waals surface area (Å²) in [5.41, 5.74) is 0.941. The number of benzene rings is 2. The molecule has 0 aliphatic carbocycles. The molecule has 0 spiro atoms. The van der Waals surface area contributed by atoms with E-state index in [-0.39, 0.29) is 18.4 Å². The first-order chi connectivity index (χ1) is 12.5. The number of amides is 2. The van der Waals surface area contributed by atoms with Gasteiger partial charge in [-0.1, -0.05) is 42.3 Å². The van der Waals surface area contributed by atoms with Gasteiger partial charge in [0, 0.05) is 12.1 Å². The predicted octanol–water partition coefficient (Wildman–Crippen LogP) is 4.49. The minimum Gasteiger partial charge on any atom is -0.495 e. The van der Waals surface area contributed by atoms with E-state index < -0.39 is 0 Å². The number of nitrogens with zero attached hydrogens (tertiary/aromatic N) is 1. The first-order valence-electron chi connectivity index (χ1n) is 8.13. The molecule has 0 aliphatic heterocycles. The molecule has 1 N–H and O–H groups in total. The molecule has 138 valence electrons. The van der Waals surface area contributed by atoms with Gasteiger partial charge >= 0.3 is 0 Å². The summed E-state index contributed by atoms with van der Waals surface area (Å²) in [7, 11) is 1.53. The van der Waals surface area contributed by atoms with E-state index in [0.717, 1.165) is 6.42 Å². The number of hydrogen-bond acceptors (Lipinski definition) is 3. The third-order valence-electron chi connectivity index (χ3n) is 3.66. The average molecular weight is 395 g/mol. The van der Waals surface area contributed by atoms with E-state index in [1.807, 2.05) is 13.0 Å². The Morgan fingerprint density at radius 2 is 1.85 bits per heavy atom. The smallest absolute Gasteiger partial charge is 0.254 e. The number of methoxy groups -OCH3 is 1. The number of rotatable bonds is 7. The summed E-state index contributed by atoms with van der Waals surface area (Å²) in [5.74, 6) is -0.0318. The number of carbonyl (C=O) groups is 2. The maximum atomic E-state index is 12.7.